The summed E-state index contributed by atoms with van der Waals surface area (Å²) in [5.41, 5.74) is 0. The highest BCUT2D eigenvalue weighted by Gasteiger charge is 2.34. The first-order valence-corrected chi connectivity index (χ1v) is 7.04. The minimum atomic E-state index is 0.752. The number of piperidine rings is 1. The van der Waals surface area contributed by atoms with Gasteiger partial charge in [0.2, 0.25) is 0 Å². The summed E-state index contributed by atoms with van der Waals surface area (Å²) in [7, 11) is 2.25. The molecule has 0 aliphatic carbocycles. The summed E-state index contributed by atoms with van der Waals surface area (Å²) in [4.78, 5) is 6.86. The molecule has 3 heterocycles. The lowest BCUT2D eigenvalue weighted by Crippen LogP contribution is -2.46. The van der Waals surface area contributed by atoms with Crippen LogP contribution in [0.2, 0.25) is 0 Å². The van der Waals surface area contributed by atoms with E-state index in [0.29, 0.717) is 0 Å². The molecule has 2 fully saturated rings. The second-order valence-corrected chi connectivity index (χ2v) is 6.08. The maximum Gasteiger partial charge on any atom is 0.107 e. The Labute approximate surface area is 101 Å². The summed E-state index contributed by atoms with van der Waals surface area (Å²) in [6.07, 6.45) is 7.30. The number of hydrogen-bond acceptors (Lipinski definition) is 4. The van der Waals surface area contributed by atoms with Crippen molar-refractivity contribution in [2.24, 2.45) is 0 Å². The number of nitrogens with zero attached hydrogens (tertiary/aromatic N) is 2. The van der Waals surface area contributed by atoms with Gasteiger partial charge in [0.15, 0.2) is 0 Å². The zero-order valence-corrected chi connectivity index (χ0v) is 10.5. The van der Waals surface area contributed by atoms with Crippen molar-refractivity contribution in [1.82, 2.24) is 15.2 Å². The highest BCUT2D eigenvalue weighted by molar-refractivity contribution is 7.09. The van der Waals surface area contributed by atoms with Crippen LogP contribution >= 0.6 is 11.3 Å². The van der Waals surface area contributed by atoms with Gasteiger partial charge < -0.3 is 5.32 Å². The van der Waals surface area contributed by atoms with Crippen molar-refractivity contribution < 1.29 is 0 Å². The van der Waals surface area contributed by atoms with Crippen LogP contribution in [0.1, 0.15) is 30.7 Å². The molecule has 2 bridgehead atoms. The predicted molar refractivity (Wildman–Crippen MR) is 66.5 cm³/mol. The van der Waals surface area contributed by atoms with Gasteiger partial charge in [0, 0.05) is 29.7 Å². The summed E-state index contributed by atoms with van der Waals surface area (Å²) < 4.78 is 0. The van der Waals surface area contributed by atoms with Crippen LogP contribution in [0.4, 0.5) is 0 Å². The van der Waals surface area contributed by atoms with E-state index < -0.39 is 0 Å². The summed E-state index contributed by atoms with van der Waals surface area (Å²) >= 11 is 1.76. The first-order valence-electron chi connectivity index (χ1n) is 6.16. The minimum absolute atomic E-state index is 0.752. The maximum absolute atomic E-state index is 4.37. The number of rotatable bonds is 3. The van der Waals surface area contributed by atoms with Crippen LogP contribution in [0, 0.1) is 0 Å². The smallest absolute Gasteiger partial charge is 0.107 e. The van der Waals surface area contributed by atoms with E-state index >= 15 is 0 Å². The highest BCUT2D eigenvalue weighted by atomic mass is 32.1. The third kappa shape index (κ3) is 2.14. The van der Waals surface area contributed by atoms with Gasteiger partial charge in [-0.05, 0) is 32.7 Å². The molecule has 3 nitrogen and oxygen atoms in total. The van der Waals surface area contributed by atoms with Gasteiger partial charge in [-0.1, -0.05) is 0 Å². The van der Waals surface area contributed by atoms with E-state index in [1.807, 2.05) is 6.20 Å². The fourth-order valence-corrected chi connectivity index (χ4v) is 3.74. The molecule has 2 saturated heterocycles. The zero-order valence-electron chi connectivity index (χ0n) is 9.72. The second-order valence-electron chi connectivity index (χ2n) is 5.10. The van der Waals surface area contributed by atoms with Crippen LogP contribution in [0.3, 0.4) is 0 Å². The van der Waals surface area contributed by atoms with Crippen molar-refractivity contribution in [3.05, 3.63) is 16.6 Å². The van der Waals surface area contributed by atoms with Gasteiger partial charge in [-0.15, -0.1) is 11.3 Å². The standard InChI is InChI=1S/C12H19N3S/c1-15(8-12-13-4-5-16-12)11-6-9-2-3-10(7-11)14-9/h4-5,9-11,14H,2-3,6-8H2,1H3. The van der Waals surface area contributed by atoms with Crippen LogP contribution in [0.25, 0.3) is 0 Å². The van der Waals surface area contributed by atoms with Gasteiger partial charge >= 0.3 is 0 Å². The highest BCUT2D eigenvalue weighted by Crippen LogP contribution is 2.29. The summed E-state index contributed by atoms with van der Waals surface area (Å²) in [5, 5.41) is 7.00. The first-order chi connectivity index (χ1) is 7.81. The van der Waals surface area contributed by atoms with Gasteiger partial charge in [0.05, 0.1) is 6.54 Å². The van der Waals surface area contributed by atoms with Crippen LogP contribution < -0.4 is 5.32 Å². The molecule has 1 aromatic heterocycles. The molecular weight excluding hydrogens is 218 g/mol. The van der Waals surface area contributed by atoms with E-state index in [9.17, 15) is 0 Å². The van der Waals surface area contributed by atoms with Crippen LogP contribution in [-0.4, -0.2) is 35.1 Å². The Kier molecular flexibility index (Phi) is 2.96. The SMILES string of the molecule is CN(Cc1nccs1)C1CC2CCC(C1)N2. The lowest BCUT2D eigenvalue weighted by Gasteiger charge is -2.35. The molecule has 0 spiro atoms. The molecule has 0 aromatic carbocycles. The van der Waals surface area contributed by atoms with E-state index in [1.165, 1.54) is 30.7 Å². The quantitative estimate of drug-likeness (QED) is 0.869. The largest absolute Gasteiger partial charge is 0.311 e. The van der Waals surface area contributed by atoms with Gasteiger partial charge in [0.1, 0.15) is 5.01 Å². The molecule has 1 aromatic rings. The van der Waals surface area contributed by atoms with Crippen molar-refractivity contribution in [2.45, 2.75) is 50.4 Å². The predicted octanol–water partition coefficient (Wildman–Crippen LogP) is 1.86. The van der Waals surface area contributed by atoms with E-state index in [2.05, 4.69) is 27.6 Å². The lowest BCUT2D eigenvalue weighted by atomic mass is 9.99. The molecular formula is C12H19N3S. The van der Waals surface area contributed by atoms with Gasteiger partial charge in [-0.25, -0.2) is 4.98 Å². The topological polar surface area (TPSA) is 28.2 Å². The molecule has 2 atom stereocenters. The van der Waals surface area contributed by atoms with E-state index in [4.69, 9.17) is 0 Å². The number of fused-ring (bicyclic) bond motifs is 2. The molecule has 16 heavy (non-hydrogen) atoms. The Morgan fingerprint density at radius 3 is 2.81 bits per heavy atom. The summed E-state index contributed by atoms with van der Waals surface area (Å²) in [5.74, 6) is 0. The van der Waals surface area contributed by atoms with E-state index in [1.54, 1.807) is 11.3 Å². The van der Waals surface area contributed by atoms with Crippen molar-refractivity contribution in [2.75, 3.05) is 7.05 Å². The van der Waals surface area contributed by atoms with E-state index in [-0.39, 0.29) is 0 Å². The summed E-state index contributed by atoms with van der Waals surface area (Å²) in [6, 6.07) is 2.31. The van der Waals surface area contributed by atoms with Crippen molar-refractivity contribution >= 4 is 11.3 Å². The monoisotopic (exact) mass is 237 g/mol. The van der Waals surface area contributed by atoms with Gasteiger partial charge in [-0.2, -0.15) is 0 Å². The number of nitrogens with one attached hydrogen (secondary N) is 1. The molecule has 2 aliphatic rings. The Hall–Kier alpha value is -0.450. The van der Waals surface area contributed by atoms with Gasteiger partial charge in [0.25, 0.3) is 0 Å². The molecule has 3 rings (SSSR count). The second kappa shape index (κ2) is 4.43. The zero-order chi connectivity index (χ0) is 11.0. The number of hydrogen-bond donors (Lipinski definition) is 1. The van der Waals surface area contributed by atoms with E-state index in [0.717, 1.165) is 24.7 Å². The Balaban J connectivity index is 1.60. The average Bonchev–Trinajstić information content (AvgIpc) is 2.89. The van der Waals surface area contributed by atoms with Crippen LogP contribution in [-0.2, 0) is 6.54 Å². The molecule has 88 valence electrons. The fourth-order valence-electron chi connectivity index (χ4n) is 3.06. The third-order valence-corrected chi connectivity index (χ3v) is 4.70. The third-order valence-electron chi connectivity index (χ3n) is 3.94. The average molecular weight is 237 g/mol. The summed E-state index contributed by atoms with van der Waals surface area (Å²) in [6.45, 7) is 1.02. The Morgan fingerprint density at radius 2 is 2.19 bits per heavy atom. The molecule has 0 radical (unpaired) electrons. The van der Waals surface area contributed by atoms with Crippen molar-refractivity contribution in [3.63, 3.8) is 0 Å². The number of thiazole rings is 1. The molecule has 1 N–H and O–H groups in total. The minimum Gasteiger partial charge on any atom is -0.311 e. The fraction of sp³-hybridized carbons (Fsp3) is 0.750. The van der Waals surface area contributed by atoms with Crippen molar-refractivity contribution in [3.8, 4) is 0 Å². The molecule has 4 heteroatoms. The Morgan fingerprint density at radius 1 is 1.44 bits per heavy atom. The molecule has 2 unspecified atom stereocenters. The lowest BCUT2D eigenvalue weighted by molar-refractivity contribution is 0.166. The van der Waals surface area contributed by atoms with Gasteiger partial charge in [-0.3, -0.25) is 4.90 Å². The normalized spacial score (nSPS) is 33.5. The van der Waals surface area contributed by atoms with Crippen LogP contribution in [0.5, 0.6) is 0 Å². The first kappa shape index (κ1) is 10.7. The molecule has 2 aliphatic heterocycles. The van der Waals surface area contributed by atoms with Crippen molar-refractivity contribution in [1.29, 1.82) is 0 Å². The Bertz CT molecular complexity index is 326. The van der Waals surface area contributed by atoms with Crippen LogP contribution in [0.15, 0.2) is 11.6 Å². The maximum atomic E-state index is 4.37. The molecule has 0 saturated carbocycles. The molecule has 0 amide bonds. The number of aromatic nitrogens is 1.